The van der Waals surface area contributed by atoms with Gasteiger partial charge in [-0.3, -0.25) is 29.2 Å². The normalized spacial score (nSPS) is 20.2. The quantitative estimate of drug-likeness (QED) is 0.0414. The summed E-state index contributed by atoms with van der Waals surface area (Å²) in [5.41, 5.74) is 11.9. The van der Waals surface area contributed by atoms with E-state index in [9.17, 15) is 49.1 Å². The minimum atomic E-state index is -4.71. The highest BCUT2D eigenvalue weighted by Gasteiger charge is 2.44. The van der Waals surface area contributed by atoms with Crippen molar-refractivity contribution >= 4 is 74.7 Å². The van der Waals surface area contributed by atoms with Crippen LogP contribution in [0.2, 0.25) is 15.1 Å². The smallest absolute Gasteiger partial charge is 0.406 e. The van der Waals surface area contributed by atoms with E-state index in [1.54, 1.807) is 24.3 Å². The van der Waals surface area contributed by atoms with Gasteiger partial charge in [-0.1, -0.05) is 184 Å². The number of carbonyl (C=O) groups is 2. The fourth-order valence-electron chi connectivity index (χ4n) is 21.9. The third-order valence-electron chi connectivity index (χ3n) is 29.8. The summed E-state index contributed by atoms with van der Waals surface area (Å²) >= 11 is 20.4. The predicted molar refractivity (Wildman–Crippen MR) is 521 cm³/mol. The number of aromatic nitrogens is 2. The fraction of sp³-hybridized carbons (Fsp3) is 0.533. The average Bonchev–Trinajstić information content (AvgIpc) is 0.791. The Morgan fingerprint density at radius 1 is 0.417 bits per heavy atom. The summed E-state index contributed by atoms with van der Waals surface area (Å²) in [6.45, 7) is 29.7. The number of aryl methyl sites for hydroxylation is 3. The number of alkyl halides is 9. The molecule has 25 heteroatoms. The zero-order valence-electron chi connectivity index (χ0n) is 77.7. The Bertz CT molecular complexity index is 4820. The van der Waals surface area contributed by atoms with Crippen LogP contribution in [-0.2, 0) is 12.8 Å². The molecule has 2 atom stereocenters. The number of nitrogens with zero attached hydrogens (tertiary/aromatic N) is 7. The number of allylic oxidation sites excluding steroid dienone is 1. The minimum absolute atomic E-state index is 0.0250. The van der Waals surface area contributed by atoms with E-state index in [0.29, 0.717) is 50.9 Å². The summed E-state index contributed by atoms with van der Waals surface area (Å²) in [6.07, 6.45) is 19.2. The molecule has 0 bridgehead atoms. The Morgan fingerprint density at radius 3 is 1.09 bits per heavy atom. The lowest BCUT2D eigenvalue weighted by molar-refractivity contribution is -0.275. The molecule has 1 aromatic heterocycles. The van der Waals surface area contributed by atoms with Gasteiger partial charge in [0, 0.05) is 65.4 Å². The number of hydrogen-bond acceptors (Lipinski definition) is 11. The van der Waals surface area contributed by atoms with Gasteiger partial charge in [-0.05, 0) is 393 Å². The lowest BCUT2D eigenvalue weighted by atomic mass is 9.74. The third-order valence-corrected chi connectivity index (χ3v) is 31.2. The van der Waals surface area contributed by atoms with Gasteiger partial charge in [0.1, 0.15) is 23.6 Å². The summed E-state index contributed by atoms with van der Waals surface area (Å²) in [5, 5.41) is 2.32. The summed E-state index contributed by atoms with van der Waals surface area (Å²) in [5.74, 6) is 1.61. The maximum atomic E-state index is 13.3. The molecule has 8 aromatic rings. The summed E-state index contributed by atoms with van der Waals surface area (Å²) in [4.78, 5) is 47.1. The Balaban J connectivity index is 0.000000156. The van der Waals surface area contributed by atoms with Crippen molar-refractivity contribution in [3.8, 4) is 17.2 Å². The van der Waals surface area contributed by atoms with Crippen LogP contribution in [0.15, 0.2) is 183 Å². The highest BCUT2D eigenvalue weighted by molar-refractivity contribution is 14.1. The van der Waals surface area contributed by atoms with Crippen LogP contribution in [-0.4, -0.2) is 153 Å². The van der Waals surface area contributed by atoms with Gasteiger partial charge in [0.15, 0.2) is 5.78 Å². The van der Waals surface area contributed by atoms with Crippen LogP contribution in [0.25, 0.3) is 5.57 Å². The molecular weight excluding hydrogens is 1870 g/mol. The van der Waals surface area contributed by atoms with Gasteiger partial charge in [0.05, 0.1) is 17.0 Å². The molecule has 6 heterocycles. The molecule has 716 valence electrons. The van der Waals surface area contributed by atoms with Crippen LogP contribution in [0, 0.1) is 48.0 Å². The van der Waals surface area contributed by atoms with Crippen molar-refractivity contribution in [1.29, 1.82) is 0 Å². The number of hydrogen-bond donors (Lipinski definition) is 0. The average molecular weight is 2000 g/mol. The van der Waals surface area contributed by atoms with E-state index in [1.807, 2.05) is 67.3 Å². The second-order valence-electron chi connectivity index (χ2n) is 38.9. The Kier molecular flexibility index (Phi) is 37.0. The van der Waals surface area contributed by atoms with Gasteiger partial charge in [-0.2, -0.15) is 0 Å². The molecule has 0 radical (unpaired) electrons. The van der Waals surface area contributed by atoms with Gasteiger partial charge in [-0.25, -0.2) is 9.97 Å². The van der Waals surface area contributed by atoms with Crippen molar-refractivity contribution in [3.05, 3.63) is 257 Å². The van der Waals surface area contributed by atoms with Gasteiger partial charge in [0.25, 0.3) is 5.91 Å². The van der Waals surface area contributed by atoms with E-state index in [1.165, 1.54) is 184 Å². The zero-order valence-corrected chi connectivity index (χ0v) is 82.1. The van der Waals surface area contributed by atoms with E-state index in [0.717, 1.165) is 173 Å². The molecule has 2 unspecified atom stereocenters. The fourth-order valence-corrected chi connectivity index (χ4v) is 23.2. The molecule has 5 aliphatic heterocycles. The van der Waals surface area contributed by atoms with Gasteiger partial charge < -0.3 is 19.1 Å². The second-order valence-corrected chi connectivity index (χ2v) is 41.5. The maximum absolute atomic E-state index is 13.3. The lowest BCUT2D eigenvalue weighted by Gasteiger charge is -2.50. The lowest BCUT2D eigenvalue weighted by Crippen LogP contribution is -2.56. The first-order chi connectivity index (χ1) is 62.8. The largest absolute Gasteiger partial charge is 0.573 e. The Morgan fingerprint density at radius 2 is 0.742 bits per heavy atom. The van der Waals surface area contributed by atoms with Crippen molar-refractivity contribution in [2.45, 2.75) is 275 Å². The van der Waals surface area contributed by atoms with Crippen molar-refractivity contribution in [3.63, 3.8) is 0 Å². The maximum Gasteiger partial charge on any atom is 0.573 e. The molecule has 5 saturated heterocycles. The molecule has 8 fully saturated rings. The molecule has 7 aromatic carbocycles. The number of benzene rings is 7. The van der Waals surface area contributed by atoms with Crippen molar-refractivity contribution < 1.29 is 63.3 Å². The molecule has 0 spiro atoms. The van der Waals surface area contributed by atoms with E-state index >= 15 is 0 Å². The Hall–Kier alpha value is -7.29. The number of ether oxygens (including phenoxy) is 3. The van der Waals surface area contributed by atoms with E-state index in [-0.39, 0.29) is 51.9 Å². The first kappa shape index (κ1) is 104. The molecule has 8 aliphatic rings. The van der Waals surface area contributed by atoms with E-state index in [2.05, 4.69) is 156 Å². The van der Waals surface area contributed by atoms with Crippen molar-refractivity contribution in [1.82, 2.24) is 34.5 Å². The van der Waals surface area contributed by atoms with E-state index in [4.69, 9.17) is 34.8 Å². The Labute approximate surface area is 805 Å². The minimum Gasteiger partial charge on any atom is -0.406 e. The molecule has 3 saturated carbocycles. The van der Waals surface area contributed by atoms with Crippen LogP contribution >= 0.6 is 57.4 Å². The van der Waals surface area contributed by atoms with Gasteiger partial charge in [0.2, 0.25) is 0 Å². The highest BCUT2D eigenvalue weighted by Crippen LogP contribution is 2.46. The SMILES string of the molecule is C=C(c1ccc(OC(F)(F)F)cc1)C1CCN(C2(C)CCCCC2)CC1.CC1(N2CCC(C(=O)c3ccc(OC(F)(F)F)cc3)CC2)CCCCC1.CC1(N2CCC(C(Cc3cccc(Cl)c3)c3ccc(OC(F)(F)F)cc3)CC2)CCCCC1.Cc1ccc(C(Cc2cccc(Cl)c2)C2CCN(C3(C)CCN(C(=O)c4c(C)ncnc4C)CC3)CC2)cc1.Clc1cccc(I)c1. The molecule has 16 rings (SSSR count). The van der Waals surface area contributed by atoms with Crippen LogP contribution in [0.4, 0.5) is 39.5 Å². The standard InChI is InChI=1S/C33H41ClN4O.C27H33ClF3NO.C21H28F3NO.C20H26F3NO2.C6H4ClI/c1-23-8-10-27(11-9-23)30(21-26-6-5-7-29(34)20-26)28-12-16-38(17-13-28)33(4)14-18-37(19-15-33)32(39)31-24(2)35-22-36-25(31)3;1-26(14-3-2-4-15-26)32-16-12-22(13-17-32)25(19-20-6-5-7-23(28)18-20)21-8-10-24(11-9-21)33-27(29,30)31;1-16(17-6-8-19(9-7-17)26-21(22,23)24)18-10-14-25(15-11-18)20(2)12-4-3-5-13-20;1-19(11-3-2-4-12-19)24-13-9-16(10-14-24)18(25)15-5-7-17(8-6-15)26-20(21,22)23;7-5-2-1-3-6(8)4-5/h5-11,20,22,28,30H,12-19,21H2,1-4H3;5-11,18,22,25H,2-4,12-17,19H2,1H3;6-9,18H,1,3-5,10-15H2,2H3;5-8,16H,2-4,9-14H2,1H3;1-4H. The molecule has 12 nitrogen and oxygen atoms in total. The summed E-state index contributed by atoms with van der Waals surface area (Å²) < 4.78 is 124. The van der Waals surface area contributed by atoms with Crippen molar-refractivity contribution in [2.24, 2.45) is 23.7 Å². The molecular formula is C107H132Cl3F9IN7O5. The van der Waals surface area contributed by atoms with Gasteiger partial charge >= 0.3 is 19.1 Å². The summed E-state index contributed by atoms with van der Waals surface area (Å²) in [7, 11) is 0. The van der Waals surface area contributed by atoms with Crippen molar-refractivity contribution in [2.75, 3.05) is 65.4 Å². The zero-order chi connectivity index (χ0) is 94.6. The number of piperidine rings is 5. The number of carbonyl (C=O) groups excluding carboxylic acids is 2. The number of halogens is 13. The summed E-state index contributed by atoms with van der Waals surface area (Å²) in [6, 6.07) is 51.0. The van der Waals surface area contributed by atoms with Crippen LogP contribution < -0.4 is 14.2 Å². The topological polar surface area (TPSA) is 104 Å². The van der Waals surface area contributed by atoms with Crippen LogP contribution in [0.1, 0.15) is 266 Å². The molecule has 3 aliphatic carbocycles. The van der Waals surface area contributed by atoms with Gasteiger partial charge in [-0.15, -0.1) is 39.5 Å². The predicted octanol–water partition coefficient (Wildman–Crippen LogP) is 29.0. The first-order valence-electron chi connectivity index (χ1n) is 47.6. The number of amides is 1. The van der Waals surface area contributed by atoms with Crippen LogP contribution in [0.3, 0.4) is 0 Å². The highest BCUT2D eigenvalue weighted by atomic mass is 127. The number of Topliss-reactive ketones (excluding diaryl/α,β-unsaturated/α-hetero) is 1. The number of ketones is 1. The monoisotopic (exact) mass is 2000 g/mol. The number of likely N-dealkylation sites (tertiary alicyclic amines) is 5. The first-order valence-corrected chi connectivity index (χ1v) is 49.8. The van der Waals surface area contributed by atoms with E-state index < -0.39 is 19.1 Å². The molecule has 1 amide bonds. The number of rotatable bonds is 20. The second kappa shape index (κ2) is 47.2. The van der Waals surface area contributed by atoms with Crippen LogP contribution in [0.5, 0.6) is 17.2 Å². The molecule has 0 N–H and O–H groups in total. The molecule has 132 heavy (non-hydrogen) atoms. The third kappa shape index (κ3) is 30.1.